The van der Waals surface area contributed by atoms with Gasteiger partial charge >= 0.3 is 0 Å². The Bertz CT molecular complexity index is 479. The first-order valence-corrected chi connectivity index (χ1v) is 5.72. The van der Waals surface area contributed by atoms with E-state index in [1.165, 1.54) is 11.1 Å². The van der Waals surface area contributed by atoms with Gasteiger partial charge in [-0.05, 0) is 30.9 Å². The molecule has 3 nitrogen and oxygen atoms in total. The maximum Gasteiger partial charge on any atom is 0.249 e. The first-order valence-electron chi connectivity index (χ1n) is 5.72. The number of hydrogen-bond donors (Lipinski definition) is 1. The van der Waals surface area contributed by atoms with Crippen molar-refractivity contribution < 1.29 is 4.79 Å². The second-order valence-electron chi connectivity index (χ2n) is 4.47. The van der Waals surface area contributed by atoms with Crippen molar-refractivity contribution in [1.29, 1.82) is 0 Å². The van der Waals surface area contributed by atoms with Crippen LogP contribution < -0.4 is 5.32 Å². The van der Waals surface area contributed by atoms with E-state index in [9.17, 15) is 4.79 Å². The smallest absolute Gasteiger partial charge is 0.249 e. The van der Waals surface area contributed by atoms with Gasteiger partial charge in [-0.3, -0.25) is 9.79 Å². The molecular formula is C13H14N2O. The van der Waals surface area contributed by atoms with E-state index in [4.69, 9.17) is 0 Å². The third-order valence-electron chi connectivity index (χ3n) is 3.43. The molecule has 0 saturated heterocycles. The number of aryl methyl sites for hydroxylation is 1. The summed E-state index contributed by atoms with van der Waals surface area (Å²) in [4.78, 5) is 15.8. The van der Waals surface area contributed by atoms with E-state index in [2.05, 4.69) is 34.6 Å². The van der Waals surface area contributed by atoms with Gasteiger partial charge in [-0.1, -0.05) is 24.3 Å². The minimum Gasteiger partial charge on any atom is -0.312 e. The first-order chi connectivity index (χ1) is 7.75. The van der Waals surface area contributed by atoms with E-state index in [1.54, 1.807) is 0 Å². The molecule has 82 valence electrons. The van der Waals surface area contributed by atoms with Gasteiger partial charge in [0.25, 0.3) is 0 Å². The number of amides is 1. The van der Waals surface area contributed by atoms with Crippen LogP contribution in [-0.4, -0.2) is 17.8 Å². The van der Waals surface area contributed by atoms with Gasteiger partial charge in [-0.15, -0.1) is 0 Å². The van der Waals surface area contributed by atoms with Gasteiger partial charge in [0.05, 0.1) is 0 Å². The molecule has 2 aliphatic rings. The van der Waals surface area contributed by atoms with Crippen molar-refractivity contribution in [2.24, 2.45) is 4.99 Å². The van der Waals surface area contributed by atoms with Crippen LogP contribution in [-0.2, 0) is 11.2 Å². The van der Waals surface area contributed by atoms with Crippen LogP contribution >= 0.6 is 0 Å². The number of rotatable bonds is 1. The monoisotopic (exact) mass is 214 g/mol. The molecule has 0 bridgehead atoms. The van der Waals surface area contributed by atoms with Gasteiger partial charge in [0.2, 0.25) is 5.91 Å². The summed E-state index contributed by atoms with van der Waals surface area (Å²) in [5.41, 5.74) is 2.72. The molecule has 0 fully saturated rings. The highest BCUT2D eigenvalue weighted by atomic mass is 16.2. The van der Waals surface area contributed by atoms with Crippen LogP contribution in [0.25, 0.3) is 0 Å². The largest absolute Gasteiger partial charge is 0.312 e. The number of nitrogens with one attached hydrogen (secondary N) is 1. The highest BCUT2D eigenvalue weighted by Gasteiger charge is 2.32. The summed E-state index contributed by atoms with van der Waals surface area (Å²) >= 11 is 0. The maximum absolute atomic E-state index is 11.4. The minimum absolute atomic E-state index is 0.0272. The molecule has 1 heterocycles. The average Bonchev–Trinajstić information content (AvgIpc) is 2.83. The van der Waals surface area contributed by atoms with Crippen molar-refractivity contribution >= 4 is 11.7 Å². The number of fused-ring (bicyclic) bond motifs is 1. The van der Waals surface area contributed by atoms with E-state index in [0.29, 0.717) is 5.92 Å². The summed E-state index contributed by atoms with van der Waals surface area (Å²) in [7, 11) is 0. The van der Waals surface area contributed by atoms with E-state index in [1.807, 2.05) is 6.92 Å². The average molecular weight is 214 g/mol. The maximum atomic E-state index is 11.4. The summed E-state index contributed by atoms with van der Waals surface area (Å²) in [6.45, 7) is 1.84. The van der Waals surface area contributed by atoms with Gasteiger partial charge in [0.15, 0.2) is 0 Å². The predicted molar refractivity (Wildman–Crippen MR) is 62.5 cm³/mol. The van der Waals surface area contributed by atoms with Crippen molar-refractivity contribution in [2.75, 3.05) is 0 Å². The second kappa shape index (κ2) is 3.44. The lowest BCUT2D eigenvalue weighted by Crippen LogP contribution is -2.30. The van der Waals surface area contributed by atoms with Crippen molar-refractivity contribution in [3.63, 3.8) is 0 Å². The van der Waals surface area contributed by atoms with Gasteiger partial charge in [0, 0.05) is 5.92 Å². The number of amidine groups is 1. The zero-order valence-corrected chi connectivity index (χ0v) is 9.23. The Balaban J connectivity index is 1.94. The Labute approximate surface area is 94.6 Å². The highest BCUT2D eigenvalue weighted by molar-refractivity contribution is 6.08. The van der Waals surface area contributed by atoms with Crippen LogP contribution in [0.3, 0.4) is 0 Å². The normalized spacial score (nSPS) is 27.6. The molecule has 1 amide bonds. The molecule has 1 aromatic rings. The summed E-state index contributed by atoms with van der Waals surface area (Å²) < 4.78 is 0. The van der Waals surface area contributed by atoms with Crippen LogP contribution in [0.2, 0.25) is 0 Å². The predicted octanol–water partition coefficient (Wildman–Crippen LogP) is 1.63. The summed E-state index contributed by atoms with van der Waals surface area (Å²) in [5.74, 6) is 1.19. The Morgan fingerprint density at radius 1 is 1.38 bits per heavy atom. The highest BCUT2D eigenvalue weighted by Crippen LogP contribution is 2.34. The number of nitrogens with zero attached hydrogens (tertiary/aromatic N) is 1. The zero-order chi connectivity index (χ0) is 11.1. The van der Waals surface area contributed by atoms with Gasteiger partial charge in [0.1, 0.15) is 11.9 Å². The Kier molecular flexibility index (Phi) is 2.06. The van der Waals surface area contributed by atoms with Gasteiger partial charge < -0.3 is 5.32 Å². The Hall–Kier alpha value is -1.64. The molecule has 1 N–H and O–H groups in total. The molecule has 0 saturated carbocycles. The van der Waals surface area contributed by atoms with Crippen LogP contribution in [0.15, 0.2) is 29.3 Å². The molecule has 1 aliphatic heterocycles. The van der Waals surface area contributed by atoms with E-state index < -0.39 is 0 Å². The lowest BCUT2D eigenvalue weighted by Gasteiger charge is -2.10. The number of hydrogen-bond acceptors (Lipinski definition) is 2. The lowest BCUT2D eigenvalue weighted by atomic mass is 10.0. The molecular weight excluding hydrogens is 200 g/mol. The lowest BCUT2D eigenvalue weighted by molar-refractivity contribution is -0.119. The molecule has 0 radical (unpaired) electrons. The molecule has 3 heteroatoms. The standard InChI is InChI=1S/C13H14N2O/c1-8-13(16)15-12(14-8)11-7-6-9-4-2-3-5-10(9)11/h2-5,8,11H,6-7H2,1H3,(H,14,15,16). The quantitative estimate of drug-likeness (QED) is 0.758. The van der Waals surface area contributed by atoms with Crippen molar-refractivity contribution in [1.82, 2.24) is 5.32 Å². The fourth-order valence-electron chi connectivity index (χ4n) is 2.55. The third-order valence-corrected chi connectivity index (χ3v) is 3.43. The molecule has 3 rings (SSSR count). The SMILES string of the molecule is CC1N=C(C2CCc3ccccc32)NC1=O. The fourth-order valence-corrected chi connectivity index (χ4v) is 2.55. The summed E-state index contributed by atoms with van der Waals surface area (Å²) in [5, 5.41) is 2.90. The van der Waals surface area contributed by atoms with Crippen LogP contribution in [0.4, 0.5) is 0 Å². The fraction of sp³-hybridized carbons (Fsp3) is 0.385. The first kappa shape index (κ1) is 9.58. The third kappa shape index (κ3) is 1.35. The summed E-state index contributed by atoms with van der Waals surface area (Å²) in [6, 6.07) is 8.21. The molecule has 1 aromatic carbocycles. The topological polar surface area (TPSA) is 41.5 Å². The van der Waals surface area contributed by atoms with Crippen LogP contribution in [0.5, 0.6) is 0 Å². The molecule has 16 heavy (non-hydrogen) atoms. The number of aliphatic imine (C=N–C) groups is 1. The Morgan fingerprint density at radius 2 is 2.19 bits per heavy atom. The molecule has 0 spiro atoms. The van der Waals surface area contributed by atoms with E-state index in [0.717, 1.165) is 18.7 Å². The zero-order valence-electron chi connectivity index (χ0n) is 9.23. The van der Waals surface area contributed by atoms with Crippen molar-refractivity contribution in [3.05, 3.63) is 35.4 Å². The van der Waals surface area contributed by atoms with Gasteiger partial charge in [-0.25, -0.2) is 0 Å². The van der Waals surface area contributed by atoms with Gasteiger partial charge in [-0.2, -0.15) is 0 Å². The molecule has 2 atom stereocenters. The van der Waals surface area contributed by atoms with E-state index >= 15 is 0 Å². The molecule has 0 aromatic heterocycles. The summed E-state index contributed by atoms with van der Waals surface area (Å²) in [6.07, 6.45) is 2.15. The number of benzene rings is 1. The van der Waals surface area contributed by atoms with E-state index in [-0.39, 0.29) is 11.9 Å². The molecule has 1 aliphatic carbocycles. The van der Waals surface area contributed by atoms with Crippen molar-refractivity contribution in [3.8, 4) is 0 Å². The Morgan fingerprint density at radius 3 is 2.94 bits per heavy atom. The second-order valence-corrected chi connectivity index (χ2v) is 4.47. The number of carbonyl (C=O) groups excluding carboxylic acids is 1. The van der Waals surface area contributed by atoms with Crippen LogP contribution in [0, 0.1) is 0 Å². The van der Waals surface area contributed by atoms with Crippen LogP contribution in [0.1, 0.15) is 30.4 Å². The minimum atomic E-state index is -0.220. The number of carbonyl (C=O) groups is 1. The van der Waals surface area contributed by atoms with Crippen molar-refractivity contribution in [2.45, 2.75) is 31.7 Å². The molecule has 2 unspecified atom stereocenters.